The topological polar surface area (TPSA) is 26.3 Å². The molecule has 4 aliphatic carbocycles. The molecule has 0 bridgehead atoms. The third-order valence-corrected chi connectivity index (χ3v) is 11.6. The van der Waals surface area contributed by atoms with E-state index < -0.39 is 0 Å². The van der Waals surface area contributed by atoms with Gasteiger partial charge in [-0.15, -0.1) is 0 Å². The van der Waals surface area contributed by atoms with Crippen molar-refractivity contribution in [3.8, 4) is 0 Å². The molecule has 5 rings (SSSR count). The largest absolute Gasteiger partial charge is 0.371 e. The molecule has 0 spiro atoms. The van der Waals surface area contributed by atoms with Gasteiger partial charge in [-0.3, -0.25) is 4.79 Å². The van der Waals surface area contributed by atoms with Gasteiger partial charge < -0.3 is 4.74 Å². The summed E-state index contributed by atoms with van der Waals surface area (Å²) in [4.78, 5) is 12.8. The molecule has 1 aliphatic heterocycles. The Morgan fingerprint density at radius 2 is 1.72 bits per heavy atom. The number of ether oxygens (including phenoxy) is 1. The molecule has 32 heavy (non-hydrogen) atoms. The summed E-state index contributed by atoms with van der Waals surface area (Å²) in [7, 11) is 0. The maximum atomic E-state index is 12.8. The van der Waals surface area contributed by atoms with Crippen LogP contribution < -0.4 is 0 Å². The summed E-state index contributed by atoms with van der Waals surface area (Å²) in [5.74, 6) is 2.37. The van der Waals surface area contributed by atoms with Crippen LogP contribution in [-0.2, 0) is 9.53 Å². The van der Waals surface area contributed by atoms with Crippen LogP contribution in [0.25, 0.3) is 0 Å². The lowest BCUT2D eigenvalue weighted by molar-refractivity contribution is -0.139. The first-order chi connectivity index (χ1) is 14.8. The van der Waals surface area contributed by atoms with Crippen molar-refractivity contribution in [3.63, 3.8) is 0 Å². The van der Waals surface area contributed by atoms with Crippen molar-refractivity contribution in [3.05, 3.63) is 22.8 Å². The highest BCUT2D eigenvalue weighted by Gasteiger charge is 2.67. The minimum absolute atomic E-state index is 0.175. The molecule has 1 heterocycles. The van der Waals surface area contributed by atoms with Gasteiger partial charge in [-0.1, -0.05) is 64.3 Å². The molecule has 8 unspecified atom stereocenters. The maximum absolute atomic E-state index is 12.8. The van der Waals surface area contributed by atoms with E-state index in [-0.39, 0.29) is 22.3 Å². The highest BCUT2D eigenvalue weighted by molar-refractivity contribution is 5.85. The Morgan fingerprint density at radius 1 is 1.00 bits per heavy atom. The minimum atomic E-state index is -0.175. The lowest BCUT2D eigenvalue weighted by atomic mass is 9.43. The molecule has 3 fully saturated rings. The molecule has 2 saturated carbocycles. The van der Waals surface area contributed by atoms with Gasteiger partial charge in [-0.25, -0.2) is 0 Å². The second-order valence-electron chi connectivity index (χ2n) is 13.8. The molecule has 0 amide bonds. The van der Waals surface area contributed by atoms with Crippen molar-refractivity contribution < 1.29 is 9.53 Å². The molecule has 8 atom stereocenters. The highest BCUT2D eigenvalue weighted by atomic mass is 16.5. The molecule has 2 nitrogen and oxygen atoms in total. The number of carbonyl (C=O) groups excluding carboxylic acids is 1. The van der Waals surface area contributed by atoms with Crippen molar-refractivity contribution in [1.82, 2.24) is 0 Å². The Labute approximate surface area is 196 Å². The first-order valence-electron chi connectivity index (χ1n) is 13.4. The van der Waals surface area contributed by atoms with Crippen molar-refractivity contribution in [2.24, 2.45) is 39.4 Å². The molecule has 0 aromatic rings. The van der Waals surface area contributed by atoms with Gasteiger partial charge in [0.1, 0.15) is 5.78 Å². The zero-order chi connectivity index (χ0) is 23.3. The molecular weight excluding hydrogens is 392 g/mol. The Bertz CT molecular complexity index is 889. The van der Waals surface area contributed by atoms with Gasteiger partial charge >= 0.3 is 0 Å². The van der Waals surface area contributed by atoms with Crippen molar-refractivity contribution in [1.29, 1.82) is 0 Å². The Hall–Kier alpha value is -0.890. The van der Waals surface area contributed by atoms with E-state index in [1.54, 1.807) is 11.1 Å². The third-order valence-electron chi connectivity index (χ3n) is 11.6. The predicted molar refractivity (Wildman–Crippen MR) is 131 cm³/mol. The average molecular weight is 439 g/mol. The number of Topliss-reactive ketones (excluding diaryl/α,β-unsaturated/α-hetero) is 1. The van der Waals surface area contributed by atoms with E-state index in [1.807, 2.05) is 0 Å². The number of carbonyl (C=O) groups is 1. The van der Waals surface area contributed by atoms with Gasteiger partial charge in [-0.05, 0) is 92.8 Å². The monoisotopic (exact) mass is 438 g/mol. The smallest absolute Gasteiger partial charge is 0.138 e. The summed E-state index contributed by atoms with van der Waals surface area (Å²) in [5, 5.41) is 0. The van der Waals surface area contributed by atoms with Crippen LogP contribution >= 0.6 is 0 Å². The van der Waals surface area contributed by atoms with Crippen LogP contribution in [0.3, 0.4) is 0 Å². The van der Waals surface area contributed by atoms with Crippen LogP contribution in [0.4, 0.5) is 0 Å². The number of rotatable bonds is 1. The zero-order valence-corrected chi connectivity index (χ0v) is 21.9. The second-order valence-corrected chi connectivity index (χ2v) is 13.8. The molecule has 5 aliphatic rings. The van der Waals surface area contributed by atoms with Gasteiger partial charge in [0.15, 0.2) is 0 Å². The zero-order valence-electron chi connectivity index (χ0n) is 21.9. The normalized spacial score (nSPS) is 49.6. The fraction of sp³-hybridized carbons (Fsp3) is 0.833. The van der Waals surface area contributed by atoms with Crippen molar-refractivity contribution in [2.75, 3.05) is 0 Å². The third kappa shape index (κ3) is 2.83. The number of fused-ring (bicyclic) bond motifs is 6. The predicted octanol–water partition coefficient (Wildman–Crippen LogP) is 7.67. The van der Waals surface area contributed by atoms with E-state index >= 15 is 0 Å². The van der Waals surface area contributed by atoms with Crippen LogP contribution in [0, 0.1) is 39.4 Å². The summed E-state index contributed by atoms with van der Waals surface area (Å²) in [6.07, 6.45) is 12.1. The summed E-state index contributed by atoms with van der Waals surface area (Å²) >= 11 is 0. The van der Waals surface area contributed by atoms with Crippen molar-refractivity contribution >= 4 is 5.78 Å². The Kier molecular flexibility index (Phi) is 5.05. The average Bonchev–Trinajstić information content (AvgIpc) is 2.92. The van der Waals surface area contributed by atoms with E-state index in [9.17, 15) is 4.79 Å². The number of ketones is 1. The first-order valence-corrected chi connectivity index (χ1v) is 13.4. The van der Waals surface area contributed by atoms with Crippen LogP contribution in [-0.4, -0.2) is 18.0 Å². The van der Waals surface area contributed by atoms with Gasteiger partial charge in [0.05, 0.1) is 12.2 Å². The van der Waals surface area contributed by atoms with Gasteiger partial charge in [-0.2, -0.15) is 0 Å². The number of hydrogen-bond acceptors (Lipinski definition) is 2. The quantitative estimate of drug-likeness (QED) is 0.392. The molecular formula is C30H46O2. The fourth-order valence-corrected chi connectivity index (χ4v) is 9.97. The van der Waals surface area contributed by atoms with Gasteiger partial charge in [0.2, 0.25) is 0 Å². The molecule has 0 radical (unpaired) electrons. The van der Waals surface area contributed by atoms with Crippen LogP contribution in [0.15, 0.2) is 22.8 Å². The summed E-state index contributed by atoms with van der Waals surface area (Å²) in [5.41, 5.74) is 5.53. The van der Waals surface area contributed by atoms with Crippen LogP contribution in [0.5, 0.6) is 0 Å². The number of hydrogen-bond donors (Lipinski definition) is 0. The molecule has 2 heteroatoms. The molecule has 0 aromatic heterocycles. The first kappa shape index (κ1) is 22.9. The molecule has 178 valence electrons. The lowest BCUT2D eigenvalue weighted by Crippen LogP contribution is -2.54. The van der Waals surface area contributed by atoms with E-state index in [4.69, 9.17) is 4.74 Å². The van der Waals surface area contributed by atoms with Gasteiger partial charge in [0, 0.05) is 11.8 Å². The fourth-order valence-electron chi connectivity index (χ4n) is 9.97. The van der Waals surface area contributed by atoms with E-state index in [0.717, 1.165) is 12.8 Å². The van der Waals surface area contributed by atoms with Crippen LogP contribution in [0.2, 0.25) is 0 Å². The number of allylic oxidation sites excluding steroid dienone is 3. The van der Waals surface area contributed by atoms with E-state index in [0.29, 0.717) is 35.1 Å². The second kappa shape index (κ2) is 7.06. The van der Waals surface area contributed by atoms with Crippen molar-refractivity contribution in [2.45, 2.75) is 119 Å². The lowest BCUT2D eigenvalue weighted by Gasteiger charge is -2.60. The Morgan fingerprint density at radius 3 is 2.41 bits per heavy atom. The Balaban J connectivity index is 1.55. The van der Waals surface area contributed by atoms with E-state index in [1.165, 1.54) is 44.1 Å². The molecule has 0 aromatic carbocycles. The summed E-state index contributed by atoms with van der Waals surface area (Å²) in [6.45, 7) is 19.1. The SMILES string of the molecule is CC(C)=CC1CC(C)C2C(CC3(C)C4=C(CCC23C)C2(C)CCC(=O)C(C)(C)C2CC4)O1. The summed E-state index contributed by atoms with van der Waals surface area (Å²) < 4.78 is 6.83. The van der Waals surface area contributed by atoms with E-state index in [2.05, 4.69) is 61.5 Å². The standard InChI is InChI=1S/C30H46O2/c1-18(2)15-20-16-19(3)26-23(32-20)17-30(8)22-9-10-24-27(4,5)25(31)12-13-28(24,6)21(22)11-14-29(26,30)7/h15,19-20,23-24,26H,9-14,16-17H2,1-8H3. The van der Waals surface area contributed by atoms with Gasteiger partial charge in [0.25, 0.3) is 0 Å². The highest BCUT2D eigenvalue weighted by Crippen LogP contribution is 2.73. The minimum Gasteiger partial charge on any atom is -0.371 e. The maximum Gasteiger partial charge on any atom is 0.138 e. The molecule has 1 saturated heterocycles. The van der Waals surface area contributed by atoms with Crippen LogP contribution in [0.1, 0.15) is 107 Å². The summed E-state index contributed by atoms with van der Waals surface area (Å²) in [6, 6.07) is 0. The molecule has 0 N–H and O–H groups in total.